The number of pyridine rings is 1. The van der Waals surface area contributed by atoms with E-state index in [-0.39, 0.29) is 22.9 Å². The van der Waals surface area contributed by atoms with E-state index in [0.29, 0.717) is 20.6 Å². The number of hydrogen-bond donors (Lipinski definition) is 0. The maximum absolute atomic E-state index is 13.2. The Kier molecular flexibility index (Phi) is 4.97. The number of thiocarbonyl (C=S) groups is 1. The van der Waals surface area contributed by atoms with Gasteiger partial charge in [0, 0.05) is 13.2 Å². The highest BCUT2D eigenvalue weighted by Gasteiger charge is 2.30. The van der Waals surface area contributed by atoms with E-state index in [9.17, 15) is 9.59 Å². The van der Waals surface area contributed by atoms with Crippen molar-refractivity contribution in [3.05, 3.63) is 74.5 Å². The van der Waals surface area contributed by atoms with Gasteiger partial charge in [0.1, 0.15) is 21.3 Å². The number of benzene rings is 1. The predicted octanol–water partition coefficient (Wildman–Crippen LogP) is 3.93. The van der Waals surface area contributed by atoms with E-state index in [1.54, 1.807) is 31.4 Å². The summed E-state index contributed by atoms with van der Waals surface area (Å²) >= 11 is 6.33. The number of aryl methyl sites for hydroxylation is 2. The molecule has 29 heavy (non-hydrogen) atoms. The number of carbonyl (C=O) groups excluding carboxylic acids is 1. The number of nitrogens with zero attached hydrogens (tertiary/aromatic N) is 3. The minimum atomic E-state index is -0.323. The summed E-state index contributed by atoms with van der Waals surface area (Å²) in [5.74, 6) is 0.467. The molecule has 146 valence electrons. The van der Waals surface area contributed by atoms with Crippen LogP contribution in [0.25, 0.3) is 11.7 Å². The summed E-state index contributed by atoms with van der Waals surface area (Å²) in [7, 11) is 1.61. The van der Waals surface area contributed by atoms with Gasteiger partial charge in [0.05, 0.1) is 4.91 Å². The molecule has 0 spiro atoms. The van der Waals surface area contributed by atoms with Crippen LogP contribution in [0.4, 0.5) is 0 Å². The third kappa shape index (κ3) is 3.68. The van der Waals surface area contributed by atoms with Crippen molar-refractivity contribution < 1.29 is 9.53 Å². The minimum Gasteiger partial charge on any atom is -0.438 e. The number of likely N-dealkylation sites (N-methyl/N-ethyl adjacent to an activating group) is 1. The van der Waals surface area contributed by atoms with Gasteiger partial charge in [0.2, 0.25) is 5.88 Å². The van der Waals surface area contributed by atoms with Crippen LogP contribution >= 0.6 is 24.0 Å². The summed E-state index contributed by atoms with van der Waals surface area (Å²) < 4.78 is 7.88. The van der Waals surface area contributed by atoms with E-state index < -0.39 is 0 Å². The molecule has 1 aromatic carbocycles. The second-order valence-corrected chi connectivity index (χ2v) is 8.41. The van der Waals surface area contributed by atoms with E-state index >= 15 is 0 Å². The van der Waals surface area contributed by atoms with Crippen molar-refractivity contribution in [3.63, 3.8) is 0 Å². The Bertz CT molecular complexity index is 1240. The Hall–Kier alpha value is -2.97. The van der Waals surface area contributed by atoms with E-state index in [4.69, 9.17) is 17.0 Å². The second-order valence-electron chi connectivity index (χ2n) is 6.73. The highest BCUT2D eigenvalue weighted by Crippen LogP contribution is 2.33. The highest BCUT2D eigenvalue weighted by atomic mass is 32.2. The molecule has 1 saturated heterocycles. The largest absolute Gasteiger partial charge is 0.438 e. The van der Waals surface area contributed by atoms with Crippen LogP contribution in [-0.4, -0.2) is 31.6 Å². The fourth-order valence-electron chi connectivity index (χ4n) is 3.06. The first-order valence-corrected chi connectivity index (χ1v) is 10.0. The maximum atomic E-state index is 13.2. The predicted molar refractivity (Wildman–Crippen MR) is 118 cm³/mol. The number of aromatic nitrogens is 2. The lowest BCUT2D eigenvalue weighted by Crippen LogP contribution is -2.23. The van der Waals surface area contributed by atoms with Gasteiger partial charge in [-0.3, -0.25) is 18.9 Å². The molecule has 1 aliphatic rings. The molecule has 2 aromatic heterocycles. The number of fused-ring (bicyclic) bond motifs is 1. The fourth-order valence-corrected chi connectivity index (χ4v) is 4.23. The average molecular weight is 424 g/mol. The van der Waals surface area contributed by atoms with Crippen LogP contribution in [0.1, 0.15) is 16.7 Å². The van der Waals surface area contributed by atoms with E-state index in [1.165, 1.54) is 15.4 Å². The Labute approximate surface area is 176 Å². The van der Waals surface area contributed by atoms with Crippen molar-refractivity contribution in [1.82, 2.24) is 14.3 Å². The second kappa shape index (κ2) is 7.46. The van der Waals surface area contributed by atoms with Crippen molar-refractivity contribution >= 4 is 45.9 Å². The molecule has 0 aliphatic carbocycles. The number of rotatable bonds is 3. The molecule has 1 aliphatic heterocycles. The van der Waals surface area contributed by atoms with Gasteiger partial charge in [-0.25, -0.2) is 0 Å². The number of hydrogen-bond acceptors (Lipinski definition) is 6. The van der Waals surface area contributed by atoms with Crippen LogP contribution < -0.4 is 10.3 Å². The Morgan fingerprint density at radius 2 is 1.86 bits per heavy atom. The number of carbonyl (C=O) groups is 1. The summed E-state index contributed by atoms with van der Waals surface area (Å²) in [4.78, 5) is 31.9. The molecule has 1 amide bonds. The molecule has 8 heteroatoms. The van der Waals surface area contributed by atoms with Crippen molar-refractivity contribution in [3.8, 4) is 11.6 Å². The minimum absolute atomic E-state index is 0.146. The van der Waals surface area contributed by atoms with Crippen molar-refractivity contribution in [2.45, 2.75) is 13.8 Å². The van der Waals surface area contributed by atoms with Crippen molar-refractivity contribution in [2.75, 3.05) is 7.05 Å². The van der Waals surface area contributed by atoms with Crippen LogP contribution in [0.15, 0.2) is 52.3 Å². The first-order valence-electron chi connectivity index (χ1n) is 8.82. The van der Waals surface area contributed by atoms with Crippen molar-refractivity contribution in [1.29, 1.82) is 0 Å². The number of thioether (sulfide) groups is 1. The van der Waals surface area contributed by atoms with E-state index in [0.717, 1.165) is 22.9 Å². The van der Waals surface area contributed by atoms with Gasteiger partial charge in [0.25, 0.3) is 11.5 Å². The summed E-state index contributed by atoms with van der Waals surface area (Å²) in [5.41, 5.74) is 2.40. The first-order chi connectivity index (χ1) is 13.8. The van der Waals surface area contributed by atoms with Gasteiger partial charge in [-0.2, -0.15) is 4.98 Å². The Morgan fingerprint density at radius 1 is 1.14 bits per heavy atom. The maximum Gasteiger partial charge on any atom is 0.269 e. The van der Waals surface area contributed by atoms with Gasteiger partial charge in [0.15, 0.2) is 0 Å². The summed E-state index contributed by atoms with van der Waals surface area (Å²) in [5, 5.41) is 0. The van der Waals surface area contributed by atoms with E-state index in [2.05, 4.69) is 4.98 Å². The smallest absolute Gasteiger partial charge is 0.269 e. The van der Waals surface area contributed by atoms with Gasteiger partial charge in [-0.15, -0.1) is 0 Å². The summed E-state index contributed by atoms with van der Waals surface area (Å²) in [6, 6.07) is 11.0. The van der Waals surface area contributed by atoms with Crippen LogP contribution in [0, 0.1) is 13.8 Å². The molecule has 4 rings (SSSR count). The molecular weight excluding hydrogens is 406 g/mol. The molecule has 1 fully saturated rings. The molecule has 0 bridgehead atoms. The number of amides is 1. The molecule has 0 radical (unpaired) electrons. The van der Waals surface area contributed by atoms with Gasteiger partial charge in [-0.1, -0.05) is 36.1 Å². The molecular formula is C21H17N3O3S2. The van der Waals surface area contributed by atoms with Crippen LogP contribution in [0.5, 0.6) is 11.6 Å². The zero-order valence-electron chi connectivity index (χ0n) is 16.0. The SMILES string of the molecule is Cc1cc(C)cc(Oc2nc3ccccn3c(=O)c2/C=C2/SC(=S)N(C)C2=O)c1. The lowest BCUT2D eigenvalue weighted by Gasteiger charge is -2.11. The zero-order chi connectivity index (χ0) is 20.7. The quantitative estimate of drug-likeness (QED) is 0.470. The molecule has 3 aromatic rings. The monoisotopic (exact) mass is 423 g/mol. The Morgan fingerprint density at radius 3 is 2.52 bits per heavy atom. The first kappa shape index (κ1) is 19.4. The molecule has 0 atom stereocenters. The Balaban J connectivity index is 1.91. The van der Waals surface area contributed by atoms with E-state index in [1.807, 2.05) is 32.0 Å². The third-order valence-corrected chi connectivity index (χ3v) is 5.89. The van der Waals surface area contributed by atoms with Gasteiger partial charge in [-0.05, 0) is 55.3 Å². The van der Waals surface area contributed by atoms with Gasteiger partial charge >= 0.3 is 0 Å². The summed E-state index contributed by atoms with van der Waals surface area (Å²) in [6.07, 6.45) is 3.14. The topological polar surface area (TPSA) is 63.9 Å². The molecule has 0 N–H and O–H groups in total. The third-order valence-electron chi connectivity index (χ3n) is 4.41. The average Bonchev–Trinajstić information content (AvgIpc) is 2.91. The van der Waals surface area contributed by atoms with Crippen LogP contribution in [0.3, 0.4) is 0 Å². The van der Waals surface area contributed by atoms with Crippen LogP contribution in [-0.2, 0) is 4.79 Å². The molecule has 3 heterocycles. The molecule has 6 nitrogen and oxygen atoms in total. The van der Waals surface area contributed by atoms with Crippen molar-refractivity contribution in [2.24, 2.45) is 0 Å². The molecule has 0 saturated carbocycles. The normalized spacial score (nSPS) is 15.6. The fraction of sp³-hybridized carbons (Fsp3) is 0.143. The standard InChI is InChI=1S/C21H17N3O3S2/c1-12-8-13(2)10-14(9-12)27-18-15(11-16-20(26)23(3)21(28)29-16)19(25)24-7-5-4-6-17(24)22-18/h4-11H,1-3H3/b16-11+. The molecule has 0 unspecified atom stereocenters. The van der Waals surface area contributed by atoms with Crippen LogP contribution in [0.2, 0.25) is 0 Å². The zero-order valence-corrected chi connectivity index (χ0v) is 17.6. The number of ether oxygens (including phenoxy) is 1. The highest BCUT2D eigenvalue weighted by molar-refractivity contribution is 8.26. The lowest BCUT2D eigenvalue weighted by atomic mass is 10.1. The van der Waals surface area contributed by atoms with Gasteiger partial charge < -0.3 is 4.74 Å². The lowest BCUT2D eigenvalue weighted by molar-refractivity contribution is -0.121. The summed E-state index contributed by atoms with van der Waals surface area (Å²) in [6.45, 7) is 3.94.